The molecule has 0 spiro atoms. The minimum Gasteiger partial charge on any atom is -0.451 e. The van der Waals surface area contributed by atoms with Crippen molar-refractivity contribution < 1.29 is 23.5 Å². The van der Waals surface area contributed by atoms with E-state index in [-0.39, 0.29) is 12.4 Å². The molecular formula is C22H18ClFN2O4S. The first kappa shape index (κ1) is 22.5. The molecule has 0 aliphatic carbocycles. The van der Waals surface area contributed by atoms with Gasteiger partial charge >= 0.3 is 5.97 Å². The Morgan fingerprint density at radius 3 is 2.48 bits per heavy atom. The third-order valence-corrected chi connectivity index (χ3v) is 5.66. The Bertz CT molecular complexity index is 1100. The van der Waals surface area contributed by atoms with Crippen LogP contribution in [0.15, 0.2) is 60.7 Å². The van der Waals surface area contributed by atoms with E-state index in [1.165, 1.54) is 30.5 Å². The van der Waals surface area contributed by atoms with E-state index >= 15 is 0 Å². The van der Waals surface area contributed by atoms with Crippen molar-refractivity contribution in [2.75, 3.05) is 25.5 Å². The topological polar surface area (TPSA) is 75.7 Å². The fourth-order valence-electron chi connectivity index (χ4n) is 2.58. The fraction of sp³-hybridized carbons (Fsp3) is 0.136. The number of halogens is 2. The number of likely N-dealkylation sites (N-methyl/N-ethyl adjacent to an activating group) is 1. The van der Waals surface area contributed by atoms with Crippen LogP contribution in [-0.4, -0.2) is 42.9 Å². The summed E-state index contributed by atoms with van der Waals surface area (Å²) >= 11 is 7.16. The van der Waals surface area contributed by atoms with Crippen LogP contribution in [0.2, 0.25) is 5.02 Å². The zero-order chi connectivity index (χ0) is 22.4. The fourth-order valence-corrected chi connectivity index (χ4v) is 3.67. The van der Waals surface area contributed by atoms with Gasteiger partial charge in [-0.3, -0.25) is 9.59 Å². The van der Waals surface area contributed by atoms with E-state index in [1.54, 1.807) is 48.5 Å². The number of hydrogen-bond donors (Lipinski definition) is 1. The average Bonchev–Trinajstić information content (AvgIpc) is 3.24. The van der Waals surface area contributed by atoms with Gasteiger partial charge in [0.2, 0.25) is 5.91 Å². The third-order valence-electron chi connectivity index (χ3n) is 4.22. The van der Waals surface area contributed by atoms with Gasteiger partial charge in [-0.2, -0.15) is 0 Å². The number of amides is 2. The number of anilines is 1. The van der Waals surface area contributed by atoms with Crippen LogP contribution in [-0.2, 0) is 14.3 Å². The normalized spacial score (nSPS) is 10.4. The monoisotopic (exact) mass is 460 g/mol. The van der Waals surface area contributed by atoms with Gasteiger partial charge in [0, 0.05) is 11.9 Å². The molecule has 3 aromatic rings. The first-order valence-electron chi connectivity index (χ1n) is 9.14. The number of ether oxygens (including phenoxy) is 1. The lowest BCUT2D eigenvalue weighted by atomic mass is 10.2. The van der Waals surface area contributed by atoms with Crippen LogP contribution in [0.1, 0.15) is 9.67 Å². The van der Waals surface area contributed by atoms with E-state index in [1.807, 2.05) is 0 Å². The van der Waals surface area contributed by atoms with Crippen LogP contribution >= 0.6 is 22.9 Å². The van der Waals surface area contributed by atoms with E-state index in [0.29, 0.717) is 15.6 Å². The molecule has 3 rings (SSSR count). The largest absolute Gasteiger partial charge is 0.451 e. The molecule has 31 heavy (non-hydrogen) atoms. The van der Waals surface area contributed by atoms with Crippen molar-refractivity contribution in [3.8, 4) is 10.4 Å². The van der Waals surface area contributed by atoms with E-state index < -0.39 is 24.4 Å². The quantitative estimate of drug-likeness (QED) is 0.528. The molecule has 1 N–H and O–H groups in total. The lowest BCUT2D eigenvalue weighted by Gasteiger charge is -2.17. The molecular weight excluding hydrogens is 443 g/mol. The molecule has 0 saturated carbocycles. The summed E-state index contributed by atoms with van der Waals surface area (Å²) in [5.74, 6) is -1.96. The van der Waals surface area contributed by atoms with E-state index in [0.717, 1.165) is 15.3 Å². The van der Waals surface area contributed by atoms with Crippen LogP contribution in [0.4, 0.5) is 10.1 Å². The molecule has 0 aliphatic heterocycles. The van der Waals surface area contributed by atoms with Crippen molar-refractivity contribution in [2.24, 2.45) is 0 Å². The number of nitrogens with zero attached hydrogens (tertiary/aromatic N) is 1. The Morgan fingerprint density at radius 1 is 1.06 bits per heavy atom. The summed E-state index contributed by atoms with van der Waals surface area (Å²) in [6.07, 6.45) is 0. The maximum absolute atomic E-state index is 13.0. The highest BCUT2D eigenvalue weighted by atomic mass is 35.5. The molecule has 0 atom stereocenters. The van der Waals surface area contributed by atoms with Gasteiger partial charge < -0.3 is 15.0 Å². The molecule has 9 heteroatoms. The summed E-state index contributed by atoms with van der Waals surface area (Å²) in [5.41, 5.74) is 1.21. The lowest BCUT2D eigenvalue weighted by molar-refractivity contribution is -0.136. The Labute approximate surface area is 187 Å². The second-order valence-corrected chi connectivity index (χ2v) is 8.02. The highest BCUT2D eigenvalue weighted by Gasteiger charge is 2.18. The molecule has 0 fully saturated rings. The predicted octanol–water partition coefficient (Wildman–Crippen LogP) is 4.46. The van der Waals surface area contributed by atoms with Crippen molar-refractivity contribution in [1.82, 2.24) is 4.90 Å². The zero-order valence-electron chi connectivity index (χ0n) is 16.4. The number of nitrogens with one attached hydrogen (secondary N) is 1. The highest BCUT2D eigenvalue weighted by Crippen LogP contribution is 2.28. The van der Waals surface area contributed by atoms with Crippen molar-refractivity contribution in [3.63, 3.8) is 0 Å². The van der Waals surface area contributed by atoms with Gasteiger partial charge in [0.15, 0.2) is 6.61 Å². The van der Waals surface area contributed by atoms with Crippen LogP contribution in [0.25, 0.3) is 10.4 Å². The maximum atomic E-state index is 13.0. The van der Waals surface area contributed by atoms with Crippen LogP contribution in [0, 0.1) is 5.82 Å². The first-order chi connectivity index (χ1) is 14.8. The van der Waals surface area contributed by atoms with Crippen molar-refractivity contribution >= 4 is 46.4 Å². The molecule has 0 radical (unpaired) electrons. The smallest absolute Gasteiger partial charge is 0.348 e. The van der Waals surface area contributed by atoms with Crippen LogP contribution in [0.5, 0.6) is 0 Å². The molecule has 0 unspecified atom stereocenters. The second-order valence-electron chi connectivity index (χ2n) is 6.52. The molecule has 0 aliphatic rings. The SMILES string of the molecule is CN(CC(=O)Nc1ccccc1Cl)C(=O)COC(=O)c1ccc(-c2ccc(F)cc2)s1. The van der Waals surface area contributed by atoms with Crippen molar-refractivity contribution in [2.45, 2.75) is 0 Å². The Balaban J connectivity index is 1.49. The average molecular weight is 461 g/mol. The molecule has 0 bridgehead atoms. The van der Waals surface area contributed by atoms with E-state index in [2.05, 4.69) is 5.32 Å². The number of carbonyl (C=O) groups excluding carboxylic acids is 3. The van der Waals surface area contributed by atoms with E-state index in [9.17, 15) is 18.8 Å². The standard InChI is InChI=1S/C22H18ClFN2O4S/c1-26(12-20(27)25-17-5-3-2-4-16(17)23)21(28)13-30-22(29)19-11-10-18(31-19)14-6-8-15(24)9-7-14/h2-11H,12-13H2,1H3,(H,25,27). The van der Waals surface area contributed by atoms with Crippen LogP contribution < -0.4 is 5.32 Å². The molecule has 1 heterocycles. The molecule has 160 valence electrons. The summed E-state index contributed by atoms with van der Waals surface area (Å²) in [7, 11) is 1.43. The number of thiophene rings is 1. The lowest BCUT2D eigenvalue weighted by Crippen LogP contribution is -2.37. The summed E-state index contributed by atoms with van der Waals surface area (Å²) in [4.78, 5) is 38.8. The molecule has 0 saturated heterocycles. The van der Waals surface area contributed by atoms with Gasteiger partial charge in [0.1, 0.15) is 10.7 Å². The Hall–Kier alpha value is -3.23. The summed E-state index contributed by atoms with van der Waals surface area (Å²) < 4.78 is 18.1. The minimum atomic E-state index is -0.652. The van der Waals surface area contributed by atoms with Gasteiger partial charge in [-0.1, -0.05) is 35.9 Å². The Morgan fingerprint density at radius 2 is 1.77 bits per heavy atom. The number of benzene rings is 2. The number of hydrogen-bond acceptors (Lipinski definition) is 5. The predicted molar refractivity (Wildman–Crippen MR) is 118 cm³/mol. The molecule has 2 amide bonds. The summed E-state index contributed by atoms with van der Waals surface area (Å²) in [5, 5.41) is 3.00. The van der Waals surface area contributed by atoms with Crippen molar-refractivity contribution in [1.29, 1.82) is 0 Å². The minimum absolute atomic E-state index is 0.227. The Kier molecular flexibility index (Phi) is 7.38. The molecule has 6 nitrogen and oxygen atoms in total. The van der Waals surface area contributed by atoms with Crippen LogP contribution in [0.3, 0.4) is 0 Å². The molecule has 2 aromatic carbocycles. The van der Waals surface area contributed by atoms with Crippen molar-refractivity contribution in [3.05, 3.63) is 76.4 Å². The van der Waals surface area contributed by atoms with Gasteiger partial charge in [-0.05, 0) is 42.0 Å². The van der Waals surface area contributed by atoms with Gasteiger partial charge in [0.05, 0.1) is 17.3 Å². The number of rotatable bonds is 7. The van der Waals surface area contributed by atoms with Gasteiger partial charge in [-0.25, -0.2) is 9.18 Å². The second kappa shape index (κ2) is 10.2. The first-order valence-corrected chi connectivity index (χ1v) is 10.3. The number of esters is 1. The number of carbonyl (C=O) groups is 3. The third kappa shape index (κ3) is 6.13. The van der Waals surface area contributed by atoms with Gasteiger partial charge in [0.25, 0.3) is 5.91 Å². The van der Waals surface area contributed by atoms with E-state index in [4.69, 9.17) is 16.3 Å². The number of para-hydroxylation sites is 1. The zero-order valence-corrected chi connectivity index (χ0v) is 18.0. The van der Waals surface area contributed by atoms with Gasteiger partial charge in [-0.15, -0.1) is 11.3 Å². The molecule has 1 aromatic heterocycles. The highest BCUT2D eigenvalue weighted by molar-refractivity contribution is 7.17. The summed E-state index contributed by atoms with van der Waals surface area (Å²) in [6, 6.07) is 15.9. The maximum Gasteiger partial charge on any atom is 0.348 e. The summed E-state index contributed by atoms with van der Waals surface area (Å²) in [6.45, 7) is -0.728.